The Hall–Kier alpha value is -2.77. The summed E-state index contributed by atoms with van der Waals surface area (Å²) in [7, 11) is 0. The van der Waals surface area contributed by atoms with Gasteiger partial charge in [0.1, 0.15) is 5.82 Å². The Bertz CT molecular complexity index is 748. The van der Waals surface area contributed by atoms with Crippen LogP contribution < -0.4 is 5.32 Å². The average Bonchev–Trinajstić information content (AvgIpc) is 2.72. The van der Waals surface area contributed by atoms with Gasteiger partial charge in [-0.3, -0.25) is 4.90 Å². The Morgan fingerprint density at radius 3 is 2.07 bits per heavy atom. The molecule has 3 rings (SSSR count). The summed E-state index contributed by atoms with van der Waals surface area (Å²) in [4.78, 5) is 20.7. The normalized spacial score (nSPS) is 14.7. The van der Waals surface area contributed by atoms with Gasteiger partial charge < -0.3 is 15.5 Å². The second kappa shape index (κ2) is 11.9. The highest BCUT2D eigenvalue weighted by Crippen LogP contribution is 2.14. The first-order valence-corrected chi connectivity index (χ1v) is 9.64. The first kappa shape index (κ1) is 22.5. The molecule has 29 heavy (non-hydrogen) atoms. The number of aliphatic carboxylic acids is 2. The minimum absolute atomic E-state index is 0.160. The van der Waals surface area contributed by atoms with Gasteiger partial charge in [-0.2, -0.15) is 0 Å². The van der Waals surface area contributed by atoms with E-state index in [9.17, 15) is 4.39 Å². The molecule has 2 aromatic carbocycles. The number of carbonyl (C=O) groups is 2. The lowest BCUT2D eigenvalue weighted by Gasteiger charge is -2.32. The number of piperidine rings is 1. The van der Waals surface area contributed by atoms with E-state index in [1.54, 1.807) is 0 Å². The van der Waals surface area contributed by atoms with Gasteiger partial charge in [0, 0.05) is 12.6 Å². The second-order valence-corrected chi connectivity index (χ2v) is 6.98. The molecule has 1 heterocycles. The summed E-state index contributed by atoms with van der Waals surface area (Å²) < 4.78 is 12.9. The van der Waals surface area contributed by atoms with Gasteiger partial charge in [0.2, 0.25) is 0 Å². The largest absolute Gasteiger partial charge is 0.473 e. The van der Waals surface area contributed by atoms with Crippen LogP contribution in [0.5, 0.6) is 0 Å². The van der Waals surface area contributed by atoms with Crippen molar-refractivity contribution in [2.75, 3.05) is 19.6 Å². The molecule has 156 valence electrons. The van der Waals surface area contributed by atoms with E-state index in [1.807, 2.05) is 12.1 Å². The SMILES string of the molecule is Fc1ccc(CCNC2CCN(Cc3ccccc3)CC2)cc1.O=C(O)C(=O)O. The number of hydrogen-bond acceptors (Lipinski definition) is 4. The number of hydrogen-bond donors (Lipinski definition) is 3. The van der Waals surface area contributed by atoms with Crippen LogP contribution in [-0.2, 0) is 22.6 Å². The highest BCUT2D eigenvalue weighted by Gasteiger charge is 2.18. The molecule has 0 atom stereocenters. The first-order chi connectivity index (χ1) is 13.9. The standard InChI is InChI=1S/C20H25FN2.C2H2O4/c21-19-8-6-17(7-9-19)10-13-22-20-11-14-23(15-12-20)16-18-4-2-1-3-5-18;3-1(4)2(5)6/h1-9,20,22H,10-16H2;(H,3,4)(H,5,6). The minimum Gasteiger partial charge on any atom is -0.473 e. The number of benzene rings is 2. The molecule has 0 radical (unpaired) electrons. The van der Waals surface area contributed by atoms with Crippen LogP contribution in [0.15, 0.2) is 54.6 Å². The molecule has 0 saturated carbocycles. The summed E-state index contributed by atoms with van der Waals surface area (Å²) in [6, 6.07) is 18.1. The van der Waals surface area contributed by atoms with Gasteiger partial charge in [-0.15, -0.1) is 0 Å². The van der Waals surface area contributed by atoms with Gasteiger partial charge in [0.25, 0.3) is 0 Å². The number of carboxylic acid groups (broad SMARTS) is 2. The number of likely N-dealkylation sites (tertiary alicyclic amines) is 1. The fraction of sp³-hybridized carbons (Fsp3) is 0.364. The minimum atomic E-state index is -1.82. The molecule has 0 amide bonds. The van der Waals surface area contributed by atoms with Crippen LogP contribution in [0.2, 0.25) is 0 Å². The lowest BCUT2D eigenvalue weighted by molar-refractivity contribution is -0.159. The highest BCUT2D eigenvalue weighted by atomic mass is 19.1. The number of nitrogens with one attached hydrogen (secondary N) is 1. The fourth-order valence-electron chi connectivity index (χ4n) is 3.21. The van der Waals surface area contributed by atoms with E-state index in [1.165, 1.54) is 36.1 Å². The lowest BCUT2D eigenvalue weighted by atomic mass is 10.0. The van der Waals surface area contributed by atoms with Crippen molar-refractivity contribution in [1.29, 1.82) is 0 Å². The van der Waals surface area contributed by atoms with E-state index < -0.39 is 11.9 Å². The van der Waals surface area contributed by atoms with Gasteiger partial charge in [-0.05, 0) is 62.2 Å². The van der Waals surface area contributed by atoms with Gasteiger partial charge in [0.05, 0.1) is 0 Å². The predicted molar refractivity (Wildman–Crippen MR) is 108 cm³/mol. The Labute approximate surface area is 170 Å². The Morgan fingerprint density at radius 1 is 0.931 bits per heavy atom. The summed E-state index contributed by atoms with van der Waals surface area (Å²) in [5.74, 6) is -3.81. The summed E-state index contributed by atoms with van der Waals surface area (Å²) in [5.41, 5.74) is 2.59. The Balaban J connectivity index is 0.000000438. The molecular formula is C22H27FN2O4. The zero-order chi connectivity index (χ0) is 21.1. The lowest BCUT2D eigenvalue weighted by Crippen LogP contribution is -2.42. The molecule has 0 aromatic heterocycles. The number of halogens is 1. The third-order valence-electron chi connectivity index (χ3n) is 4.78. The van der Waals surface area contributed by atoms with E-state index in [4.69, 9.17) is 19.8 Å². The summed E-state index contributed by atoms with van der Waals surface area (Å²) in [6.45, 7) is 4.34. The number of rotatable bonds is 6. The summed E-state index contributed by atoms with van der Waals surface area (Å²) in [5, 5.41) is 18.4. The molecule has 7 heteroatoms. The third kappa shape index (κ3) is 8.85. The van der Waals surface area contributed by atoms with Gasteiger partial charge in [-0.1, -0.05) is 42.5 Å². The molecule has 1 saturated heterocycles. The molecule has 1 fully saturated rings. The monoisotopic (exact) mass is 402 g/mol. The second-order valence-electron chi connectivity index (χ2n) is 6.98. The van der Waals surface area contributed by atoms with E-state index in [-0.39, 0.29) is 5.82 Å². The van der Waals surface area contributed by atoms with Crippen molar-refractivity contribution in [2.45, 2.75) is 31.8 Å². The maximum absolute atomic E-state index is 12.9. The van der Waals surface area contributed by atoms with Crippen LogP contribution in [0.3, 0.4) is 0 Å². The topological polar surface area (TPSA) is 89.9 Å². The quantitative estimate of drug-likeness (QED) is 0.644. The Kier molecular flexibility index (Phi) is 9.27. The van der Waals surface area contributed by atoms with Gasteiger partial charge >= 0.3 is 11.9 Å². The number of nitrogens with zero attached hydrogens (tertiary/aromatic N) is 1. The van der Waals surface area contributed by atoms with Crippen molar-refractivity contribution in [3.63, 3.8) is 0 Å². The zero-order valence-corrected chi connectivity index (χ0v) is 16.3. The van der Waals surface area contributed by atoms with Crippen LogP contribution in [0.4, 0.5) is 4.39 Å². The molecule has 0 spiro atoms. The maximum atomic E-state index is 12.9. The average molecular weight is 402 g/mol. The van der Waals surface area contributed by atoms with E-state index >= 15 is 0 Å². The molecule has 2 aromatic rings. The van der Waals surface area contributed by atoms with Crippen molar-refractivity contribution in [3.05, 3.63) is 71.5 Å². The molecule has 3 N–H and O–H groups in total. The zero-order valence-electron chi connectivity index (χ0n) is 16.3. The van der Waals surface area contributed by atoms with E-state index in [2.05, 4.69) is 40.5 Å². The van der Waals surface area contributed by atoms with Crippen LogP contribution in [0.25, 0.3) is 0 Å². The van der Waals surface area contributed by atoms with Crippen molar-refractivity contribution >= 4 is 11.9 Å². The van der Waals surface area contributed by atoms with Crippen LogP contribution in [0.1, 0.15) is 24.0 Å². The van der Waals surface area contributed by atoms with Gasteiger partial charge in [0.15, 0.2) is 0 Å². The van der Waals surface area contributed by atoms with Crippen molar-refractivity contribution in [1.82, 2.24) is 10.2 Å². The molecule has 1 aliphatic rings. The fourth-order valence-corrected chi connectivity index (χ4v) is 3.21. The number of carboxylic acids is 2. The molecule has 0 aliphatic carbocycles. The highest BCUT2D eigenvalue weighted by molar-refractivity contribution is 6.27. The van der Waals surface area contributed by atoms with Crippen LogP contribution in [-0.4, -0.2) is 52.7 Å². The Morgan fingerprint density at radius 2 is 1.52 bits per heavy atom. The predicted octanol–water partition coefficient (Wildman–Crippen LogP) is 2.78. The van der Waals surface area contributed by atoms with Crippen LogP contribution >= 0.6 is 0 Å². The third-order valence-corrected chi connectivity index (χ3v) is 4.78. The summed E-state index contributed by atoms with van der Waals surface area (Å²) in [6.07, 6.45) is 3.37. The molecule has 6 nitrogen and oxygen atoms in total. The molecule has 0 unspecified atom stereocenters. The summed E-state index contributed by atoms with van der Waals surface area (Å²) >= 11 is 0. The molecule has 0 bridgehead atoms. The van der Waals surface area contributed by atoms with Crippen molar-refractivity contribution in [3.8, 4) is 0 Å². The van der Waals surface area contributed by atoms with E-state index in [0.29, 0.717) is 6.04 Å². The first-order valence-electron chi connectivity index (χ1n) is 9.64. The molecular weight excluding hydrogens is 375 g/mol. The van der Waals surface area contributed by atoms with Crippen molar-refractivity contribution in [2.24, 2.45) is 0 Å². The smallest absolute Gasteiger partial charge is 0.414 e. The van der Waals surface area contributed by atoms with Crippen molar-refractivity contribution < 1.29 is 24.2 Å². The maximum Gasteiger partial charge on any atom is 0.414 e. The van der Waals surface area contributed by atoms with Gasteiger partial charge in [-0.25, -0.2) is 14.0 Å². The van der Waals surface area contributed by atoms with Crippen LogP contribution in [0, 0.1) is 5.82 Å². The molecule has 1 aliphatic heterocycles. The van der Waals surface area contributed by atoms with E-state index in [0.717, 1.165) is 32.6 Å².